The van der Waals surface area contributed by atoms with E-state index in [1.807, 2.05) is 0 Å². The summed E-state index contributed by atoms with van der Waals surface area (Å²) in [4.78, 5) is 15.3. The van der Waals surface area contributed by atoms with Gasteiger partial charge < -0.3 is 33.5 Å². The summed E-state index contributed by atoms with van der Waals surface area (Å²) in [7, 11) is 5.23. The van der Waals surface area contributed by atoms with Crippen molar-refractivity contribution in [2.45, 2.75) is 93.7 Å². The van der Waals surface area contributed by atoms with E-state index in [4.69, 9.17) is 28.4 Å². The van der Waals surface area contributed by atoms with Gasteiger partial charge in [0.1, 0.15) is 18.5 Å². The van der Waals surface area contributed by atoms with Gasteiger partial charge in [0.2, 0.25) is 0 Å². The van der Waals surface area contributed by atoms with Gasteiger partial charge in [-0.25, -0.2) is 0 Å². The Morgan fingerprint density at radius 1 is 1.11 bits per heavy atom. The zero-order valence-electron chi connectivity index (χ0n) is 22.3. The zero-order chi connectivity index (χ0) is 25.5. The molecule has 13 atom stereocenters. The van der Waals surface area contributed by atoms with Crippen LogP contribution in [0.4, 0.5) is 0 Å². The number of carbonyl (C=O) groups excluding carboxylic acids is 1. The monoisotopic (exact) mass is 507 g/mol. The largest absolute Gasteiger partial charge is 0.459 e. The van der Waals surface area contributed by atoms with Crippen molar-refractivity contribution in [3.8, 4) is 0 Å². The van der Waals surface area contributed by atoms with Gasteiger partial charge in [-0.2, -0.15) is 0 Å². The van der Waals surface area contributed by atoms with Crippen LogP contribution in [0.3, 0.4) is 0 Å². The maximum atomic E-state index is 13.4. The molecule has 7 rings (SSSR count). The van der Waals surface area contributed by atoms with E-state index in [0.29, 0.717) is 12.8 Å². The Morgan fingerprint density at radius 2 is 1.89 bits per heavy atom. The molecular formula is C27H41NO8. The van der Waals surface area contributed by atoms with Crippen LogP contribution in [0.5, 0.6) is 0 Å². The van der Waals surface area contributed by atoms with Crippen LogP contribution in [0.1, 0.15) is 46.5 Å². The van der Waals surface area contributed by atoms with E-state index in [1.54, 1.807) is 21.3 Å². The molecule has 9 heteroatoms. The third-order valence-corrected chi connectivity index (χ3v) is 12.2. The number of esters is 1. The first-order valence-electron chi connectivity index (χ1n) is 13.7. The van der Waals surface area contributed by atoms with E-state index in [9.17, 15) is 9.90 Å². The second-order valence-electron chi connectivity index (χ2n) is 12.9. The van der Waals surface area contributed by atoms with E-state index < -0.39 is 28.3 Å². The first kappa shape index (κ1) is 24.2. The molecule has 0 aromatic heterocycles. The number of ether oxygens (including phenoxy) is 6. The molecule has 2 saturated heterocycles. The van der Waals surface area contributed by atoms with E-state index >= 15 is 0 Å². The molecule has 0 aromatic rings. The molecule has 202 valence electrons. The predicted molar refractivity (Wildman–Crippen MR) is 126 cm³/mol. The number of fused-ring (bicyclic) bond motifs is 1. The van der Waals surface area contributed by atoms with Gasteiger partial charge in [0.25, 0.3) is 0 Å². The number of nitrogens with zero attached hydrogens (tertiary/aromatic N) is 1. The Labute approximate surface area is 213 Å². The number of carbonyl (C=O) groups is 1. The van der Waals surface area contributed by atoms with Crippen LogP contribution in [-0.4, -0.2) is 104 Å². The molecule has 7 bridgehead atoms. The lowest BCUT2D eigenvalue weighted by atomic mass is 9.41. The highest BCUT2D eigenvalue weighted by Crippen LogP contribution is 2.83. The van der Waals surface area contributed by atoms with Gasteiger partial charge in [0, 0.05) is 59.0 Å². The molecule has 2 aliphatic heterocycles. The zero-order valence-corrected chi connectivity index (χ0v) is 22.3. The van der Waals surface area contributed by atoms with Gasteiger partial charge >= 0.3 is 5.97 Å². The quantitative estimate of drug-likeness (QED) is 0.553. The van der Waals surface area contributed by atoms with E-state index in [2.05, 4.69) is 18.7 Å². The predicted octanol–water partition coefficient (Wildman–Crippen LogP) is 1.35. The molecule has 9 nitrogen and oxygen atoms in total. The summed E-state index contributed by atoms with van der Waals surface area (Å²) in [5.41, 5.74) is -3.94. The van der Waals surface area contributed by atoms with Gasteiger partial charge in [-0.1, -0.05) is 13.8 Å². The number of likely N-dealkylation sites (tertiary alicyclic amines) is 1. The molecule has 2 heterocycles. The third kappa shape index (κ3) is 2.16. The Morgan fingerprint density at radius 3 is 2.53 bits per heavy atom. The summed E-state index contributed by atoms with van der Waals surface area (Å²) in [6.45, 7) is 7.72. The van der Waals surface area contributed by atoms with Crippen LogP contribution < -0.4 is 0 Å². The van der Waals surface area contributed by atoms with Gasteiger partial charge in [-0.15, -0.1) is 0 Å². The number of likely N-dealkylation sites (N-methyl/N-ethyl adjacent to an activating group) is 1. The highest BCUT2D eigenvalue weighted by atomic mass is 16.7. The van der Waals surface area contributed by atoms with Crippen molar-refractivity contribution < 1.29 is 38.3 Å². The fourth-order valence-corrected chi connectivity index (χ4v) is 11.7. The topological polar surface area (TPSA) is 95.9 Å². The van der Waals surface area contributed by atoms with Crippen LogP contribution in [0.15, 0.2) is 0 Å². The number of hydrogen-bond donors (Lipinski definition) is 1. The number of hydrogen-bond acceptors (Lipinski definition) is 9. The normalized spacial score (nSPS) is 60.2. The number of aliphatic hydroxyl groups is 1. The molecule has 5 saturated carbocycles. The van der Waals surface area contributed by atoms with Crippen molar-refractivity contribution >= 4 is 5.97 Å². The fourth-order valence-electron chi connectivity index (χ4n) is 11.7. The number of rotatable bonds is 5. The summed E-state index contributed by atoms with van der Waals surface area (Å²) in [5.74, 6) is -0.771. The minimum atomic E-state index is -1.16. The summed E-state index contributed by atoms with van der Waals surface area (Å²) in [6.07, 6.45) is 1.69. The Bertz CT molecular complexity index is 979. The summed E-state index contributed by atoms with van der Waals surface area (Å²) >= 11 is 0. The highest BCUT2D eigenvalue weighted by Gasteiger charge is 2.97. The minimum Gasteiger partial charge on any atom is -0.459 e. The summed E-state index contributed by atoms with van der Waals surface area (Å²) in [6, 6.07) is -0.224. The molecular weight excluding hydrogens is 466 g/mol. The molecule has 5 aliphatic carbocycles. The van der Waals surface area contributed by atoms with Crippen molar-refractivity contribution in [1.29, 1.82) is 0 Å². The molecule has 7 aliphatic rings. The van der Waals surface area contributed by atoms with Crippen LogP contribution in [0.25, 0.3) is 0 Å². The standard InChI is InChI=1S/C27H41NO8/c1-7-28-12-23(3)9-8-17(32-5)26-20(23)21(36-14(2)29)27(22(26)28)25(34-13-35-27)11-16(31-4)15-10-24(26,30)19(25)18(15)33-6/h15-22,30H,7-13H2,1-6H3/t15-,16+,17?,18+,19?,20?,21+,22-,23+,24+,25-,26?,27?/m1/s1. The lowest BCUT2D eigenvalue weighted by molar-refractivity contribution is -0.332. The van der Waals surface area contributed by atoms with Crippen LogP contribution in [0, 0.1) is 28.6 Å². The van der Waals surface area contributed by atoms with E-state index in [1.165, 1.54) is 6.92 Å². The second-order valence-corrected chi connectivity index (χ2v) is 12.9. The molecule has 0 aromatic carbocycles. The van der Waals surface area contributed by atoms with Gasteiger partial charge in [-0.3, -0.25) is 9.69 Å². The van der Waals surface area contributed by atoms with Gasteiger partial charge in [0.15, 0.2) is 5.60 Å². The lowest BCUT2D eigenvalue weighted by Crippen LogP contribution is -2.85. The van der Waals surface area contributed by atoms with Crippen LogP contribution in [0.2, 0.25) is 0 Å². The summed E-state index contributed by atoms with van der Waals surface area (Å²) in [5, 5.41) is 13.4. The SMILES string of the molecule is CCN1C[C@]2(C)CCC(OC)C34C2[C@H](OC(C)=O)C2(OCO[C@@]25C[C@H](OC)[C@H]2C[C@]3(O)C5[C@H]2OC)[C@H]14. The van der Waals surface area contributed by atoms with Crippen molar-refractivity contribution in [2.24, 2.45) is 28.6 Å². The van der Waals surface area contributed by atoms with Crippen molar-refractivity contribution in [3.05, 3.63) is 0 Å². The van der Waals surface area contributed by atoms with E-state index in [0.717, 1.165) is 25.9 Å². The van der Waals surface area contributed by atoms with Crippen LogP contribution >= 0.6 is 0 Å². The fraction of sp³-hybridized carbons (Fsp3) is 0.963. The molecule has 1 N–H and O–H groups in total. The molecule has 0 amide bonds. The third-order valence-electron chi connectivity index (χ3n) is 12.2. The van der Waals surface area contributed by atoms with Crippen LogP contribution in [-0.2, 0) is 33.2 Å². The summed E-state index contributed by atoms with van der Waals surface area (Å²) < 4.78 is 38.7. The maximum Gasteiger partial charge on any atom is 0.303 e. The average Bonchev–Trinajstić information content (AvgIpc) is 3.40. The molecule has 7 fully saturated rings. The second kappa shape index (κ2) is 7.23. The first-order valence-corrected chi connectivity index (χ1v) is 13.7. The molecule has 0 radical (unpaired) electrons. The van der Waals surface area contributed by atoms with Crippen molar-refractivity contribution in [3.63, 3.8) is 0 Å². The van der Waals surface area contributed by atoms with Crippen molar-refractivity contribution in [1.82, 2.24) is 4.90 Å². The van der Waals surface area contributed by atoms with Gasteiger partial charge in [-0.05, 0) is 31.2 Å². The average molecular weight is 508 g/mol. The smallest absolute Gasteiger partial charge is 0.303 e. The molecule has 5 unspecified atom stereocenters. The van der Waals surface area contributed by atoms with Crippen molar-refractivity contribution in [2.75, 3.05) is 41.2 Å². The van der Waals surface area contributed by atoms with Gasteiger partial charge in [0.05, 0.1) is 35.4 Å². The molecule has 36 heavy (non-hydrogen) atoms. The maximum absolute atomic E-state index is 13.4. The Hall–Kier alpha value is -0.810. The number of piperidine rings is 1. The molecule has 3 spiro atoms. The highest BCUT2D eigenvalue weighted by molar-refractivity contribution is 5.67. The first-order chi connectivity index (χ1) is 17.2. The Kier molecular flexibility index (Phi) is 4.87. The lowest BCUT2D eigenvalue weighted by Gasteiger charge is -2.71. The Balaban J connectivity index is 1.61. The van der Waals surface area contributed by atoms with E-state index in [-0.39, 0.29) is 60.3 Å². The number of methoxy groups -OCH3 is 3. The minimum absolute atomic E-state index is 0.0317.